The lowest BCUT2D eigenvalue weighted by Crippen LogP contribution is -2.21. The number of hydrogen-bond acceptors (Lipinski definition) is 6. The van der Waals surface area contributed by atoms with Crippen molar-refractivity contribution in [2.45, 2.75) is 59.4 Å². The van der Waals surface area contributed by atoms with Crippen LogP contribution in [0.25, 0.3) is 22.0 Å². The third-order valence-electron chi connectivity index (χ3n) is 5.95. The van der Waals surface area contributed by atoms with E-state index >= 15 is 0 Å². The summed E-state index contributed by atoms with van der Waals surface area (Å²) < 4.78 is 36.8. The van der Waals surface area contributed by atoms with Crippen LogP contribution in [-0.2, 0) is 36.1 Å². The molecule has 1 unspecified atom stereocenters. The lowest BCUT2D eigenvalue weighted by molar-refractivity contribution is -0.168. The Bertz CT molecular complexity index is 1130. The fourth-order valence-corrected chi connectivity index (χ4v) is 5.94. The quantitative estimate of drug-likeness (QED) is 0.311. The molecule has 0 amide bonds. The second-order valence-corrected chi connectivity index (χ2v) is 10.4. The van der Waals surface area contributed by atoms with Crippen molar-refractivity contribution >= 4 is 23.8 Å². The van der Waals surface area contributed by atoms with Gasteiger partial charge in [-0.1, -0.05) is 37.3 Å². The Hall–Kier alpha value is -2.08. The molecule has 0 radical (unpaired) electrons. The molecule has 1 saturated heterocycles. The first-order chi connectivity index (χ1) is 16.6. The lowest BCUT2D eigenvalue weighted by atomic mass is 10.0. The van der Waals surface area contributed by atoms with Crippen molar-refractivity contribution in [1.29, 1.82) is 0 Å². The van der Waals surface area contributed by atoms with E-state index in [1.54, 1.807) is 0 Å². The van der Waals surface area contributed by atoms with Crippen molar-refractivity contribution in [1.82, 2.24) is 4.98 Å². The number of nitrogens with zero attached hydrogens (tertiary/aromatic N) is 1. The third-order valence-corrected chi connectivity index (χ3v) is 8.07. The van der Waals surface area contributed by atoms with Gasteiger partial charge in [0.15, 0.2) is 6.29 Å². The van der Waals surface area contributed by atoms with Crippen LogP contribution in [0.4, 0.5) is 0 Å². The summed E-state index contributed by atoms with van der Waals surface area (Å²) in [6, 6.07) is 16.3. The summed E-state index contributed by atoms with van der Waals surface area (Å²) in [5, 5.41) is 1.42. The number of benzene rings is 2. The maximum absolute atomic E-state index is 13.8. The van der Waals surface area contributed by atoms with Gasteiger partial charge >= 0.3 is 7.60 Å². The number of aryl methyl sites for hydroxylation is 1. The zero-order chi connectivity index (χ0) is 24.0. The summed E-state index contributed by atoms with van der Waals surface area (Å²) in [5.74, 6) is 0. The standard InChI is InChI=1S/C27H34NO5P/c1-4-24-15-14-22-17-23(18-25(27(22)28-24)34(29,32-5-2)33-6-3)21-12-10-20(11-13-21)19-31-26-9-7-8-16-30-26/h10-15,17-18,26H,4-9,16,19H2,1-3H3. The predicted molar refractivity (Wildman–Crippen MR) is 135 cm³/mol. The van der Waals surface area contributed by atoms with Crippen molar-refractivity contribution in [2.24, 2.45) is 0 Å². The summed E-state index contributed by atoms with van der Waals surface area (Å²) in [6.45, 7) is 7.56. The monoisotopic (exact) mass is 483 g/mol. The zero-order valence-electron chi connectivity index (χ0n) is 20.3. The molecule has 1 aliphatic heterocycles. The first kappa shape index (κ1) is 25.0. The summed E-state index contributed by atoms with van der Waals surface area (Å²) in [7, 11) is -3.53. The Morgan fingerprint density at radius 2 is 1.74 bits per heavy atom. The van der Waals surface area contributed by atoms with E-state index in [1.165, 1.54) is 0 Å². The van der Waals surface area contributed by atoms with Crippen LogP contribution in [0.3, 0.4) is 0 Å². The Morgan fingerprint density at radius 3 is 2.38 bits per heavy atom. The van der Waals surface area contributed by atoms with Crippen LogP contribution >= 0.6 is 7.60 Å². The largest absolute Gasteiger partial charge is 0.363 e. The highest BCUT2D eigenvalue weighted by Gasteiger charge is 2.30. The maximum atomic E-state index is 13.8. The molecule has 182 valence electrons. The van der Waals surface area contributed by atoms with Gasteiger partial charge in [-0.15, -0.1) is 0 Å². The molecule has 4 rings (SSSR count). The average Bonchev–Trinajstić information content (AvgIpc) is 2.87. The molecule has 34 heavy (non-hydrogen) atoms. The number of ether oxygens (including phenoxy) is 2. The van der Waals surface area contributed by atoms with Gasteiger partial charge in [-0.25, -0.2) is 0 Å². The van der Waals surface area contributed by atoms with Gasteiger partial charge < -0.3 is 18.5 Å². The normalized spacial score (nSPS) is 16.7. The number of aromatic nitrogens is 1. The van der Waals surface area contributed by atoms with E-state index in [4.69, 9.17) is 23.5 Å². The van der Waals surface area contributed by atoms with Gasteiger partial charge in [0.25, 0.3) is 0 Å². The molecule has 0 saturated carbocycles. The van der Waals surface area contributed by atoms with Crippen LogP contribution in [0, 0.1) is 0 Å². The van der Waals surface area contributed by atoms with Crippen LogP contribution in [-0.4, -0.2) is 31.1 Å². The molecule has 1 fully saturated rings. The molecule has 0 N–H and O–H groups in total. The minimum absolute atomic E-state index is 0.108. The van der Waals surface area contributed by atoms with E-state index in [-0.39, 0.29) is 19.5 Å². The van der Waals surface area contributed by atoms with E-state index in [1.807, 2.05) is 32.0 Å². The SMILES string of the molecule is CCOP(=O)(OCC)c1cc(-c2ccc(COC3CCCCO3)cc2)cc2ccc(CC)nc12. The topological polar surface area (TPSA) is 66.9 Å². The lowest BCUT2D eigenvalue weighted by Gasteiger charge is -2.22. The summed E-state index contributed by atoms with van der Waals surface area (Å²) >= 11 is 0. The molecule has 6 nitrogen and oxygen atoms in total. The molecule has 1 aliphatic rings. The Labute approximate surface area is 202 Å². The van der Waals surface area contributed by atoms with E-state index in [0.29, 0.717) is 17.4 Å². The highest BCUT2D eigenvalue weighted by molar-refractivity contribution is 7.62. The Kier molecular flexibility index (Phi) is 8.51. The number of hydrogen-bond donors (Lipinski definition) is 0. The van der Waals surface area contributed by atoms with Crippen molar-refractivity contribution < 1.29 is 23.1 Å². The first-order valence-corrected chi connectivity index (χ1v) is 13.8. The van der Waals surface area contributed by atoms with Crippen LogP contribution in [0.5, 0.6) is 0 Å². The maximum Gasteiger partial charge on any atom is 0.363 e. The van der Waals surface area contributed by atoms with Crippen LogP contribution in [0.1, 0.15) is 51.3 Å². The van der Waals surface area contributed by atoms with Crippen molar-refractivity contribution in [3.05, 3.63) is 59.8 Å². The first-order valence-electron chi connectivity index (χ1n) is 12.2. The molecular weight excluding hydrogens is 449 g/mol. The molecule has 2 aromatic carbocycles. The van der Waals surface area contributed by atoms with E-state index in [9.17, 15) is 4.57 Å². The molecule has 0 spiro atoms. The predicted octanol–water partition coefficient (Wildman–Crippen LogP) is 6.40. The van der Waals surface area contributed by atoms with E-state index in [0.717, 1.165) is 60.1 Å². The molecule has 1 aromatic heterocycles. The second kappa shape index (κ2) is 11.6. The molecule has 0 aliphatic carbocycles. The van der Waals surface area contributed by atoms with Gasteiger partial charge in [0.2, 0.25) is 0 Å². The van der Waals surface area contributed by atoms with Gasteiger partial charge in [-0.05, 0) is 74.4 Å². The number of pyridine rings is 1. The fraction of sp³-hybridized carbons (Fsp3) is 0.444. The van der Waals surface area contributed by atoms with Gasteiger partial charge in [-0.2, -0.15) is 0 Å². The van der Waals surface area contributed by atoms with E-state index < -0.39 is 7.60 Å². The number of fused-ring (bicyclic) bond motifs is 1. The van der Waals surface area contributed by atoms with Gasteiger partial charge in [0, 0.05) is 17.7 Å². The zero-order valence-corrected chi connectivity index (χ0v) is 21.2. The molecule has 2 heterocycles. The summed E-state index contributed by atoms with van der Waals surface area (Å²) in [6.07, 6.45) is 3.89. The van der Waals surface area contributed by atoms with Gasteiger partial charge in [0.1, 0.15) is 0 Å². The molecule has 3 aromatic rings. The summed E-state index contributed by atoms with van der Waals surface area (Å²) in [4.78, 5) is 4.78. The van der Waals surface area contributed by atoms with Crippen molar-refractivity contribution in [3.63, 3.8) is 0 Å². The van der Waals surface area contributed by atoms with E-state index in [2.05, 4.69) is 37.3 Å². The van der Waals surface area contributed by atoms with Gasteiger partial charge in [0.05, 0.1) is 30.6 Å². The molecule has 1 atom stereocenters. The van der Waals surface area contributed by atoms with Crippen LogP contribution < -0.4 is 5.30 Å². The minimum Gasteiger partial charge on any atom is -0.353 e. The van der Waals surface area contributed by atoms with Crippen LogP contribution in [0.15, 0.2) is 48.5 Å². The van der Waals surface area contributed by atoms with Gasteiger partial charge in [-0.3, -0.25) is 9.55 Å². The second-order valence-electron chi connectivity index (χ2n) is 8.36. The Morgan fingerprint density at radius 1 is 0.971 bits per heavy atom. The average molecular weight is 484 g/mol. The smallest absolute Gasteiger partial charge is 0.353 e. The molecular formula is C27H34NO5P. The highest BCUT2D eigenvalue weighted by Crippen LogP contribution is 2.49. The molecule has 0 bridgehead atoms. The van der Waals surface area contributed by atoms with Crippen molar-refractivity contribution in [3.8, 4) is 11.1 Å². The van der Waals surface area contributed by atoms with Crippen molar-refractivity contribution in [2.75, 3.05) is 19.8 Å². The van der Waals surface area contributed by atoms with Crippen LogP contribution in [0.2, 0.25) is 0 Å². The highest BCUT2D eigenvalue weighted by atomic mass is 31.2. The third kappa shape index (κ3) is 5.76. The molecule has 7 heteroatoms. The Balaban J connectivity index is 1.67. The fourth-order valence-electron chi connectivity index (χ4n) is 4.17. The minimum atomic E-state index is -3.53. The summed E-state index contributed by atoms with van der Waals surface area (Å²) in [5.41, 5.74) is 4.65. The number of rotatable bonds is 10.